The molecule has 0 amide bonds. The molecule has 3 heteroatoms. The van der Waals surface area contributed by atoms with Crippen LogP contribution in [0.1, 0.15) is 22.3 Å². The van der Waals surface area contributed by atoms with Gasteiger partial charge in [0.05, 0.1) is 16.8 Å². The van der Waals surface area contributed by atoms with Gasteiger partial charge in [0, 0.05) is 36.9 Å². The lowest BCUT2D eigenvalue weighted by Gasteiger charge is -2.32. The third-order valence-electron chi connectivity index (χ3n) is 14.3. The molecule has 2 heterocycles. The summed E-state index contributed by atoms with van der Waals surface area (Å²) in [6.07, 6.45) is 0. The summed E-state index contributed by atoms with van der Waals surface area (Å²) < 4.78 is 2.57. The average molecular weight is 881 g/mol. The minimum absolute atomic E-state index is 0.532. The van der Waals surface area contributed by atoms with Crippen molar-refractivity contribution >= 4 is 31.5 Å². The first kappa shape index (κ1) is 38.7. The van der Waals surface area contributed by atoms with Crippen molar-refractivity contribution in [3.05, 3.63) is 265 Å². The Morgan fingerprint density at radius 2 is 0.765 bits per heavy atom. The highest BCUT2D eigenvalue weighted by Crippen LogP contribution is 2.64. The minimum Gasteiger partial charge on any atom is -0.228 e. The molecule has 0 unspecified atom stereocenters. The Morgan fingerprint density at radius 3 is 1.47 bits per heavy atom. The zero-order chi connectivity index (χ0) is 44.8. The fourth-order valence-electron chi connectivity index (χ4n) is 11.4. The molecule has 1 spiro atoms. The molecule has 0 fully saturated rings. The van der Waals surface area contributed by atoms with Gasteiger partial charge < -0.3 is 0 Å². The van der Waals surface area contributed by atoms with Crippen LogP contribution in [0.4, 0.5) is 0 Å². The van der Waals surface area contributed by atoms with Crippen LogP contribution in [-0.2, 0) is 5.41 Å². The molecule has 68 heavy (non-hydrogen) atoms. The SMILES string of the molecule is c1ccc(-c2ccc(-c3cc(-c4cc(-c5cccc6c5C5(c7ccccc7-c7ccccc75)c5ccccc5-6)nc(-c5ccccc5)n4)cc(-c4cccc5c4sc4ccccc45)c3)cc2)cc1. The predicted octanol–water partition coefficient (Wildman–Crippen LogP) is 17.2. The van der Waals surface area contributed by atoms with Crippen molar-refractivity contribution in [1.29, 1.82) is 0 Å². The highest BCUT2D eigenvalue weighted by molar-refractivity contribution is 7.26. The van der Waals surface area contributed by atoms with Gasteiger partial charge in [-0.3, -0.25) is 0 Å². The van der Waals surface area contributed by atoms with Crippen molar-refractivity contribution in [1.82, 2.24) is 9.97 Å². The summed E-state index contributed by atoms with van der Waals surface area (Å²) in [6.45, 7) is 0. The van der Waals surface area contributed by atoms with Gasteiger partial charge in [-0.15, -0.1) is 11.3 Å². The zero-order valence-corrected chi connectivity index (χ0v) is 37.7. The molecule has 2 nitrogen and oxygen atoms in total. The van der Waals surface area contributed by atoms with E-state index in [1.807, 2.05) is 11.3 Å². The second kappa shape index (κ2) is 15.3. The van der Waals surface area contributed by atoms with Gasteiger partial charge in [-0.05, 0) is 108 Å². The van der Waals surface area contributed by atoms with Gasteiger partial charge in [-0.1, -0.05) is 212 Å². The Balaban J connectivity index is 1.03. The van der Waals surface area contributed by atoms with E-state index in [4.69, 9.17) is 9.97 Å². The number of rotatable bonds is 6. The highest BCUT2D eigenvalue weighted by Gasteiger charge is 2.52. The molecule has 0 N–H and O–H groups in total. The van der Waals surface area contributed by atoms with Crippen LogP contribution in [0.5, 0.6) is 0 Å². The van der Waals surface area contributed by atoms with E-state index in [1.54, 1.807) is 0 Å². The molecule has 0 saturated carbocycles. The average Bonchev–Trinajstić information content (AvgIpc) is 4.06. The second-order valence-electron chi connectivity index (χ2n) is 18.0. The fraction of sp³-hybridized carbons (Fsp3) is 0.0154. The Kier molecular flexibility index (Phi) is 8.71. The molecule has 0 bridgehead atoms. The summed E-state index contributed by atoms with van der Waals surface area (Å²) in [7, 11) is 0. The summed E-state index contributed by atoms with van der Waals surface area (Å²) in [4.78, 5) is 11.1. The molecular formula is C65H40N2S. The van der Waals surface area contributed by atoms with E-state index in [-0.39, 0.29) is 0 Å². The molecule has 0 radical (unpaired) electrons. The molecule has 12 aromatic rings. The first-order chi connectivity index (χ1) is 33.7. The number of aromatic nitrogens is 2. The maximum atomic E-state index is 5.56. The van der Waals surface area contributed by atoms with Crippen molar-refractivity contribution < 1.29 is 0 Å². The topological polar surface area (TPSA) is 25.8 Å². The van der Waals surface area contributed by atoms with Gasteiger partial charge in [0.2, 0.25) is 0 Å². The van der Waals surface area contributed by atoms with Crippen molar-refractivity contribution in [3.8, 4) is 89.5 Å². The normalized spacial score (nSPS) is 12.8. The van der Waals surface area contributed by atoms with Gasteiger partial charge in [-0.25, -0.2) is 9.97 Å². The lowest BCUT2D eigenvalue weighted by atomic mass is 9.69. The zero-order valence-electron chi connectivity index (χ0n) is 36.9. The van der Waals surface area contributed by atoms with E-state index < -0.39 is 5.41 Å². The standard InChI is InChI=1S/C65H40N2S/c1-3-17-41(18-4-1)42-33-35-43(36-34-42)45-37-46(48-25-15-27-54-52-24-10-14-32-61(52)68-63(48)54)39-47(38-45)59-40-60(67-64(66-59)44-19-5-2-6-20-44)55-28-16-26-53-51-23-9-13-31-58(51)65(62(53)55)56-29-11-7-21-49(56)50-22-8-12-30-57(50)65/h1-40H. The van der Waals surface area contributed by atoms with Gasteiger partial charge in [-0.2, -0.15) is 0 Å². The monoisotopic (exact) mass is 880 g/mol. The van der Waals surface area contributed by atoms with Crippen LogP contribution in [-0.4, -0.2) is 9.97 Å². The number of hydrogen-bond donors (Lipinski definition) is 0. The first-order valence-electron chi connectivity index (χ1n) is 23.3. The van der Waals surface area contributed by atoms with Crippen molar-refractivity contribution in [2.45, 2.75) is 5.41 Å². The molecule has 2 aromatic heterocycles. The molecule has 0 atom stereocenters. The maximum Gasteiger partial charge on any atom is 0.160 e. The predicted molar refractivity (Wildman–Crippen MR) is 284 cm³/mol. The van der Waals surface area contributed by atoms with Crippen molar-refractivity contribution in [2.24, 2.45) is 0 Å². The van der Waals surface area contributed by atoms with Crippen LogP contribution in [0, 0.1) is 0 Å². The maximum absolute atomic E-state index is 5.56. The van der Waals surface area contributed by atoms with E-state index >= 15 is 0 Å². The van der Waals surface area contributed by atoms with Crippen LogP contribution in [0.25, 0.3) is 110 Å². The van der Waals surface area contributed by atoms with Crippen LogP contribution in [0.15, 0.2) is 243 Å². The van der Waals surface area contributed by atoms with Crippen molar-refractivity contribution in [3.63, 3.8) is 0 Å². The largest absolute Gasteiger partial charge is 0.228 e. The lowest BCUT2D eigenvalue weighted by molar-refractivity contribution is 0.795. The molecule has 0 aliphatic heterocycles. The number of nitrogens with zero attached hydrogens (tertiary/aromatic N) is 2. The number of benzene rings is 10. The van der Waals surface area contributed by atoms with Crippen LogP contribution < -0.4 is 0 Å². The summed E-state index contributed by atoms with van der Waals surface area (Å²) in [5.41, 5.74) is 21.6. The molecule has 10 aromatic carbocycles. The van der Waals surface area contributed by atoms with E-state index in [9.17, 15) is 0 Å². The van der Waals surface area contributed by atoms with E-state index in [0.717, 1.165) is 44.8 Å². The number of thiophene rings is 1. The van der Waals surface area contributed by atoms with Gasteiger partial charge in [0.25, 0.3) is 0 Å². The third kappa shape index (κ3) is 5.83. The smallest absolute Gasteiger partial charge is 0.160 e. The van der Waals surface area contributed by atoms with Gasteiger partial charge >= 0.3 is 0 Å². The summed E-state index contributed by atoms with van der Waals surface area (Å²) in [5, 5.41) is 2.57. The summed E-state index contributed by atoms with van der Waals surface area (Å²) in [5.74, 6) is 0.693. The Hall–Kier alpha value is -8.50. The first-order valence-corrected chi connectivity index (χ1v) is 24.1. The molecule has 2 aliphatic carbocycles. The van der Waals surface area contributed by atoms with E-state index in [1.165, 1.54) is 81.4 Å². The minimum atomic E-state index is -0.532. The fourth-order valence-corrected chi connectivity index (χ4v) is 12.6. The van der Waals surface area contributed by atoms with Gasteiger partial charge in [0.15, 0.2) is 5.82 Å². The van der Waals surface area contributed by atoms with Crippen LogP contribution in [0.3, 0.4) is 0 Å². The molecule has 0 saturated heterocycles. The Morgan fingerprint density at radius 1 is 0.294 bits per heavy atom. The Labute approximate surface area is 399 Å². The van der Waals surface area contributed by atoms with Crippen molar-refractivity contribution in [2.75, 3.05) is 0 Å². The summed E-state index contributed by atoms with van der Waals surface area (Å²) in [6, 6.07) is 88.7. The number of hydrogen-bond acceptors (Lipinski definition) is 3. The second-order valence-corrected chi connectivity index (χ2v) is 19.0. The highest BCUT2D eigenvalue weighted by atomic mass is 32.1. The van der Waals surface area contributed by atoms with Crippen LogP contribution >= 0.6 is 11.3 Å². The van der Waals surface area contributed by atoms with Gasteiger partial charge in [0.1, 0.15) is 0 Å². The third-order valence-corrected chi connectivity index (χ3v) is 15.5. The summed E-state index contributed by atoms with van der Waals surface area (Å²) >= 11 is 1.87. The number of fused-ring (bicyclic) bond motifs is 13. The molecule has 14 rings (SSSR count). The quantitative estimate of drug-likeness (QED) is 0.166. The molecular weight excluding hydrogens is 841 g/mol. The lowest BCUT2D eigenvalue weighted by Crippen LogP contribution is -2.26. The van der Waals surface area contributed by atoms with Crippen LogP contribution in [0.2, 0.25) is 0 Å². The Bertz CT molecular complexity index is 3900. The molecule has 316 valence electrons. The van der Waals surface area contributed by atoms with E-state index in [2.05, 4.69) is 243 Å². The van der Waals surface area contributed by atoms with E-state index in [0.29, 0.717) is 5.82 Å². The molecule has 2 aliphatic rings.